The minimum atomic E-state index is -0.516. The number of hydrogen-bond donors (Lipinski definition) is 1. The van der Waals surface area contributed by atoms with Crippen molar-refractivity contribution in [2.75, 3.05) is 0 Å². The van der Waals surface area contributed by atoms with Crippen molar-refractivity contribution < 1.29 is 5.11 Å². The highest BCUT2D eigenvalue weighted by molar-refractivity contribution is 5.38. The van der Waals surface area contributed by atoms with Gasteiger partial charge in [-0.3, -0.25) is 0 Å². The first-order valence-corrected chi connectivity index (χ1v) is 6.99. The molecule has 98 valence electrons. The Kier molecular flexibility index (Phi) is 3.16. The van der Waals surface area contributed by atoms with Crippen LogP contribution in [-0.2, 0) is 0 Å². The van der Waals surface area contributed by atoms with Gasteiger partial charge in [0.1, 0.15) is 6.10 Å². The van der Waals surface area contributed by atoms with E-state index in [0.29, 0.717) is 0 Å². The molecule has 1 aliphatic rings. The van der Waals surface area contributed by atoms with Crippen LogP contribution in [0.3, 0.4) is 0 Å². The molecule has 2 aromatic rings. The molecule has 1 heteroatoms. The molecule has 0 bridgehead atoms. The van der Waals surface area contributed by atoms with Gasteiger partial charge in [-0.25, -0.2) is 0 Å². The third-order valence-electron chi connectivity index (χ3n) is 3.83. The Labute approximate surface area is 114 Å². The molecule has 1 atom stereocenters. The predicted molar refractivity (Wildman–Crippen MR) is 78.4 cm³/mol. The van der Waals surface area contributed by atoms with Crippen LogP contribution in [0.4, 0.5) is 0 Å². The molecule has 0 radical (unpaired) electrons. The Morgan fingerprint density at radius 2 is 1.63 bits per heavy atom. The maximum absolute atomic E-state index is 10.6. The van der Waals surface area contributed by atoms with Crippen molar-refractivity contribution in [3.63, 3.8) is 0 Å². The molecule has 1 fully saturated rings. The van der Waals surface area contributed by atoms with E-state index in [2.05, 4.69) is 50.2 Å². The van der Waals surface area contributed by atoms with Crippen LogP contribution in [0.5, 0.6) is 0 Å². The van der Waals surface area contributed by atoms with Crippen LogP contribution in [0.1, 0.15) is 52.7 Å². The maximum Gasteiger partial charge on any atom is 0.104 e. The zero-order valence-electron chi connectivity index (χ0n) is 11.6. The standard InChI is InChI=1S/C18H20O/c1-12-8-13(2)10-17(9-12)18(19)16-5-3-4-15(11-16)14-6-7-14/h3-5,8-11,14,18-19H,6-7H2,1-2H3. The average Bonchev–Trinajstić information content (AvgIpc) is 3.21. The van der Waals surface area contributed by atoms with Crippen molar-refractivity contribution >= 4 is 0 Å². The second-order valence-electron chi connectivity index (χ2n) is 5.77. The van der Waals surface area contributed by atoms with Gasteiger partial charge in [-0.2, -0.15) is 0 Å². The lowest BCUT2D eigenvalue weighted by molar-refractivity contribution is 0.220. The van der Waals surface area contributed by atoms with Gasteiger partial charge < -0.3 is 5.11 Å². The van der Waals surface area contributed by atoms with Crippen molar-refractivity contribution in [3.8, 4) is 0 Å². The lowest BCUT2D eigenvalue weighted by Crippen LogP contribution is -2.01. The SMILES string of the molecule is Cc1cc(C)cc(C(O)c2cccc(C3CC3)c2)c1. The van der Waals surface area contributed by atoms with Gasteiger partial charge in [-0.05, 0) is 49.3 Å². The van der Waals surface area contributed by atoms with E-state index in [0.717, 1.165) is 17.0 Å². The number of aliphatic hydroxyl groups is 1. The van der Waals surface area contributed by atoms with Gasteiger partial charge >= 0.3 is 0 Å². The van der Waals surface area contributed by atoms with Gasteiger partial charge in [0.15, 0.2) is 0 Å². The van der Waals surface area contributed by atoms with Gasteiger partial charge in [-0.1, -0.05) is 53.6 Å². The minimum absolute atomic E-state index is 0.516. The Hall–Kier alpha value is -1.60. The number of aryl methyl sites for hydroxylation is 2. The zero-order chi connectivity index (χ0) is 13.4. The fourth-order valence-electron chi connectivity index (χ4n) is 2.76. The molecule has 0 aromatic heterocycles. The van der Waals surface area contributed by atoms with Crippen LogP contribution in [0.15, 0.2) is 42.5 Å². The van der Waals surface area contributed by atoms with Crippen LogP contribution >= 0.6 is 0 Å². The Balaban J connectivity index is 1.93. The molecule has 2 aromatic carbocycles. The fraction of sp³-hybridized carbons (Fsp3) is 0.333. The van der Waals surface area contributed by atoms with Gasteiger partial charge in [0.25, 0.3) is 0 Å². The second-order valence-corrected chi connectivity index (χ2v) is 5.77. The molecule has 1 unspecified atom stereocenters. The van der Waals surface area contributed by atoms with E-state index in [1.165, 1.54) is 29.5 Å². The summed E-state index contributed by atoms with van der Waals surface area (Å²) in [6.45, 7) is 4.15. The molecule has 0 spiro atoms. The van der Waals surface area contributed by atoms with Crippen LogP contribution in [0.2, 0.25) is 0 Å². The number of aliphatic hydroxyl groups excluding tert-OH is 1. The minimum Gasteiger partial charge on any atom is -0.384 e. The van der Waals surface area contributed by atoms with E-state index in [1.807, 2.05) is 6.07 Å². The van der Waals surface area contributed by atoms with E-state index in [9.17, 15) is 5.11 Å². The molecule has 1 aliphatic carbocycles. The first kappa shape index (κ1) is 12.4. The van der Waals surface area contributed by atoms with E-state index < -0.39 is 6.10 Å². The normalized spacial score (nSPS) is 16.4. The third kappa shape index (κ3) is 2.71. The summed E-state index contributed by atoms with van der Waals surface area (Å²) in [6, 6.07) is 14.7. The predicted octanol–water partition coefficient (Wildman–Crippen LogP) is 4.26. The van der Waals surface area contributed by atoms with Gasteiger partial charge in [0, 0.05) is 0 Å². The summed E-state index contributed by atoms with van der Waals surface area (Å²) in [6.07, 6.45) is 2.07. The zero-order valence-corrected chi connectivity index (χ0v) is 11.6. The Bertz CT molecular complexity index is 576. The summed E-state index contributed by atoms with van der Waals surface area (Å²) in [4.78, 5) is 0. The molecule has 0 saturated heterocycles. The number of rotatable bonds is 3. The molecule has 0 heterocycles. The Morgan fingerprint density at radius 1 is 0.947 bits per heavy atom. The Morgan fingerprint density at radius 3 is 2.26 bits per heavy atom. The second kappa shape index (κ2) is 4.82. The lowest BCUT2D eigenvalue weighted by Gasteiger charge is -2.14. The third-order valence-corrected chi connectivity index (χ3v) is 3.83. The van der Waals surface area contributed by atoms with Crippen LogP contribution < -0.4 is 0 Å². The highest BCUT2D eigenvalue weighted by Gasteiger charge is 2.24. The lowest BCUT2D eigenvalue weighted by atomic mass is 9.96. The van der Waals surface area contributed by atoms with Crippen LogP contribution in [-0.4, -0.2) is 5.11 Å². The quantitative estimate of drug-likeness (QED) is 0.865. The molecule has 0 aliphatic heterocycles. The van der Waals surface area contributed by atoms with Crippen molar-refractivity contribution in [1.29, 1.82) is 0 Å². The van der Waals surface area contributed by atoms with Crippen molar-refractivity contribution in [1.82, 2.24) is 0 Å². The smallest absolute Gasteiger partial charge is 0.104 e. The molecule has 1 N–H and O–H groups in total. The molecule has 3 rings (SSSR count). The van der Waals surface area contributed by atoms with Gasteiger partial charge in [0.05, 0.1) is 0 Å². The first-order chi connectivity index (χ1) is 9.13. The fourth-order valence-corrected chi connectivity index (χ4v) is 2.76. The van der Waals surface area contributed by atoms with Crippen molar-refractivity contribution in [2.45, 2.75) is 38.7 Å². The van der Waals surface area contributed by atoms with E-state index in [1.54, 1.807) is 0 Å². The summed E-state index contributed by atoms with van der Waals surface area (Å²) in [5.41, 5.74) is 5.78. The summed E-state index contributed by atoms with van der Waals surface area (Å²) in [7, 11) is 0. The number of benzene rings is 2. The van der Waals surface area contributed by atoms with E-state index in [4.69, 9.17) is 0 Å². The van der Waals surface area contributed by atoms with Crippen LogP contribution in [0, 0.1) is 13.8 Å². The molecule has 0 amide bonds. The highest BCUT2D eigenvalue weighted by Crippen LogP contribution is 2.40. The molecule has 19 heavy (non-hydrogen) atoms. The monoisotopic (exact) mass is 252 g/mol. The summed E-state index contributed by atoms with van der Waals surface area (Å²) in [5, 5.41) is 10.6. The highest BCUT2D eigenvalue weighted by atomic mass is 16.3. The summed E-state index contributed by atoms with van der Waals surface area (Å²) in [5.74, 6) is 0.728. The summed E-state index contributed by atoms with van der Waals surface area (Å²) < 4.78 is 0. The van der Waals surface area contributed by atoms with Crippen molar-refractivity contribution in [3.05, 3.63) is 70.3 Å². The van der Waals surface area contributed by atoms with Crippen LogP contribution in [0.25, 0.3) is 0 Å². The molecule has 1 saturated carbocycles. The summed E-state index contributed by atoms with van der Waals surface area (Å²) >= 11 is 0. The topological polar surface area (TPSA) is 20.2 Å². The number of hydrogen-bond acceptors (Lipinski definition) is 1. The van der Waals surface area contributed by atoms with Gasteiger partial charge in [0.2, 0.25) is 0 Å². The first-order valence-electron chi connectivity index (χ1n) is 6.99. The average molecular weight is 252 g/mol. The maximum atomic E-state index is 10.6. The van der Waals surface area contributed by atoms with E-state index in [-0.39, 0.29) is 0 Å². The molecule has 1 nitrogen and oxygen atoms in total. The molecular weight excluding hydrogens is 232 g/mol. The molecular formula is C18H20O. The van der Waals surface area contributed by atoms with E-state index >= 15 is 0 Å². The van der Waals surface area contributed by atoms with Gasteiger partial charge in [-0.15, -0.1) is 0 Å². The van der Waals surface area contributed by atoms with Crippen molar-refractivity contribution in [2.24, 2.45) is 0 Å². The largest absolute Gasteiger partial charge is 0.384 e.